The standard InChI is InChI=1S/C8H12N2.2ClH/c1-7-2-4-8(5-3-7)6-10-9;;/h2-5,10H,6,9H2,1H3;2*1H. The van der Waals surface area contributed by atoms with E-state index in [0.717, 1.165) is 6.54 Å². The Balaban J connectivity index is 0. The number of nitrogens with one attached hydrogen (secondary N) is 1. The van der Waals surface area contributed by atoms with Crippen molar-refractivity contribution in [2.45, 2.75) is 13.5 Å². The average molecular weight is 209 g/mol. The van der Waals surface area contributed by atoms with Gasteiger partial charge in [0.1, 0.15) is 0 Å². The first-order valence-corrected chi connectivity index (χ1v) is 3.32. The molecule has 3 N–H and O–H groups in total. The molecule has 0 saturated heterocycles. The Kier molecular flexibility index (Phi) is 8.76. The number of hydrazine groups is 1. The molecule has 0 aliphatic heterocycles. The van der Waals surface area contributed by atoms with Gasteiger partial charge in [0.2, 0.25) is 0 Å². The second-order valence-corrected chi connectivity index (χ2v) is 2.37. The zero-order chi connectivity index (χ0) is 7.40. The summed E-state index contributed by atoms with van der Waals surface area (Å²) in [5.41, 5.74) is 5.10. The molecule has 1 rings (SSSR count). The van der Waals surface area contributed by atoms with Crippen LogP contribution in [0.15, 0.2) is 24.3 Å². The largest absolute Gasteiger partial charge is 0.271 e. The fourth-order valence-electron chi connectivity index (χ4n) is 0.824. The molecule has 0 amide bonds. The molecule has 0 saturated carbocycles. The summed E-state index contributed by atoms with van der Waals surface area (Å²) in [4.78, 5) is 0. The molecular formula is C8H14Cl2N2. The van der Waals surface area contributed by atoms with Crippen molar-refractivity contribution in [3.63, 3.8) is 0 Å². The first-order valence-electron chi connectivity index (χ1n) is 3.32. The van der Waals surface area contributed by atoms with Crippen molar-refractivity contribution >= 4 is 24.8 Å². The molecule has 0 radical (unpaired) electrons. The third kappa shape index (κ3) is 4.57. The van der Waals surface area contributed by atoms with E-state index in [4.69, 9.17) is 5.84 Å². The van der Waals surface area contributed by atoms with Crippen LogP contribution in [0.1, 0.15) is 11.1 Å². The van der Waals surface area contributed by atoms with Gasteiger partial charge in [0.05, 0.1) is 0 Å². The number of rotatable bonds is 2. The zero-order valence-electron chi connectivity index (χ0n) is 6.91. The van der Waals surface area contributed by atoms with Crippen molar-refractivity contribution in [1.29, 1.82) is 0 Å². The van der Waals surface area contributed by atoms with Crippen molar-refractivity contribution in [2.24, 2.45) is 5.84 Å². The predicted octanol–water partition coefficient (Wildman–Crippen LogP) is 1.80. The fourth-order valence-corrected chi connectivity index (χ4v) is 0.824. The van der Waals surface area contributed by atoms with E-state index in [0.29, 0.717) is 0 Å². The predicted molar refractivity (Wildman–Crippen MR) is 56.7 cm³/mol. The van der Waals surface area contributed by atoms with Gasteiger partial charge in [-0.05, 0) is 12.5 Å². The average Bonchev–Trinajstić information content (AvgIpc) is 1.95. The maximum absolute atomic E-state index is 5.15. The lowest BCUT2D eigenvalue weighted by Crippen LogP contribution is -2.20. The molecule has 12 heavy (non-hydrogen) atoms. The molecule has 2 nitrogen and oxygen atoms in total. The Bertz CT molecular complexity index is 199. The van der Waals surface area contributed by atoms with Crippen molar-refractivity contribution in [3.05, 3.63) is 35.4 Å². The lowest BCUT2D eigenvalue weighted by Gasteiger charge is -1.98. The van der Waals surface area contributed by atoms with E-state index >= 15 is 0 Å². The molecule has 0 spiro atoms. The molecule has 0 atom stereocenters. The molecule has 70 valence electrons. The molecule has 0 unspecified atom stereocenters. The summed E-state index contributed by atoms with van der Waals surface area (Å²) < 4.78 is 0. The topological polar surface area (TPSA) is 38.0 Å². The molecule has 1 aromatic carbocycles. The highest BCUT2D eigenvalue weighted by Gasteiger charge is 1.87. The van der Waals surface area contributed by atoms with E-state index in [1.807, 2.05) is 0 Å². The SMILES string of the molecule is Cc1ccc(CNN)cc1.Cl.Cl. The maximum atomic E-state index is 5.15. The Labute approximate surface area is 85.3 Å². The Morgan fingerprint density at radius 3 is 2.08 bits per heavy atom. The second-order valence-electron chi connectivity index (χ2n) is 2.37. The number of nitrogens with two attached hydrogens (primary N) is 1. The summed E-state index contributed by atoms with van der Waals surface area (Å²) in [7, 11) is 0. The molecule has 0 aliphatic carbocycles. The van der Waals surface area contributed by atoms with Crippen LogP contribution in [-0.2, 0) is 6.54 Å². The van der Waals surface area contributed by atoms with Gasteiger partial charge in [-0.15, -0.1) is 24.8 Å². The highest BCUT2D eigenvalue weighted by Crippen LogP contribution is 2.01. The first-order chi connectivity index (χ1) is 4.83. The number of benzene rings is 1. The van der Waals surface area contributed by atoms with Crippen LogP contribution in [0.25, 0.3) is 0 Å². The van der Waals surface area contributed by atoms with Gasteiger partial charge in [-0.2, -0.15) is 0 Å². The summed E-state index contributed by atoms with van der Waals surface area (Å²) in [6, 6.07) is 8.28. The monoisotopic (exact) mass is 208 g/mol. The van der Waals surface area contributed by atoms with Crippen LogP contribution in [0.2, 0.25) is 0 Å². The number of aryl methyl sites for hydroxylation is 1. The van der Waals surface area contributed by atoms with E-state index < -0.39 is 0 Å². The van der Waals surface area contributed by atoms with Gasteiger partial charge < -0.3 is 0 Å². The van der Waals surface area contributed by atoms with Gasteiger partial charge in [-0.25, -0.2) is 0 Å². The summed E-state index contributed by atoms with van der Waals surface area (Å²) in [6.45, 7) is 2.81. The van der Waals surface area contributed by atoms with Crippen LogP contribution >= 0.6 is 24.8 Å². The van der Waals surface area contributed by atoms with Crippen molar-refractivity contribution in [1.82, 2.24) is 5.43 Å². The number of halogens is 2. The number of hydrogen-bond donors (Lipinski definition) is 2. The van der Waals surface area contributed by atoms with E-state index in [1.54, 1.807) is 0 Å². The fraction of sp³-hybridized carbons (Fsp3) is 0.250. The van der Waals surface area contributed by atoms with E-state index in [1.165, 1.54) is 11.1 Å². The van der Waals surface area contributed by atoms with Crippen LogP contribution in [0.3, 0.4) is 0 Å². The van der Waals surface area contributed by atoms with Crippen LogP contribution < -0.4 is 11.3 Å². The summed E-state index contributed by atoms with van der Waals surface area (Å²) in [6.07, 6.45) is 0. The summed E-state index contributed by atoms with van der Waals surface area (Å²) in [5, 5.41) is 0. The lowest BCUT2D eigenvalue weighted by atomic mass is 10.2. The first kappa shape index (κ1) is 14.3. The Morgan fingerprint density at radius 1 is 1.17 bits per heavy atom. The third-order valence-corrected chi connectivity index (χ3v) is 1.43. The van der Waals surface area contributed by atoms with Crippen LogP contribution in [0.5, 0.6) is 0 Å². The van der Waals surface area contributed by atoms with Gasteiger partial charge in [-0.3, -0.25) is 11.3 Å². The minimum absolute atomic E-state index is 0. The molecule has 4 heteroatoms. The third-order valence-electron chi connectivity index (χ3n) is 1.43. The molecule has 1 aromatic rings. The van der Waals surface area contributed by atoms with Crippen molar-refractivity contribution in [2.75, 3.05) is 0 Å². The van der Waals surface area contributed by atoms with E-state index in [2.05, 4.69) is 36.6 Å². The second kappa shape index (κ2) is 7.37. The van der Waals surface area contributed by atoms with Crippen molar-refractivity contribution in [3.8, 4) is 0 Å². The number of hydrogen-bond acceptors (Lipinski definition) is 2. The quantitative estimate of drug-likeness (QED) is 0.575. The van der Waals surface area contributed by atoms with Gasteiger partial charge in [0.25, 0.3) is 0 Å². The Hall–Kier alpha value is -0.280. The highest BCUT2D eigenvalue weighted by atomic mass is 35.5. The Morgan fingerprint density at radius 2 is 1.67 bits per heavy atom. The van der Waals surface area contributed by atoms with Gasteiger partial charge in [-0.1, -0.05) is 29.8 Å². The molecule has 0 heterocycles. The van der Waals surface area contributed by atoms with E-state index in [-0.39, 0.29) is 24.8 Å². The zero-order valence-corrected chi connectivity index (χ0v) is 8.54. The smallest absolute Gasteiger partial charge is 0.0348 e. The molecule has 0 fully saturated rings. The van der Waals surface area contributed by atoms with Gasteiger partial charge >= 0.3 is 0 Å². The summed E-state index contributed by atoms with van der Waals surface area (Å²) >= 11 is 0. The van der Waals surface area contributed by atoms with Crippen LogP contribution in [0.4, 0.5) is 0 Å². The van der Waals surface area contributed by atoms with Crippen LogP contribution in [-0.4, -0.2) is 0 Å². The lowest BCUT2D eigenvalue weighted by molar-refractivity contribution is 0.741. The van der Waals surface area contributed by atoms with Gasteiger partial charge in [0.15, 0.2) is 0 Å². The minimum Gasteiger partial charge on any atom is -0.271 e. The van der Waals surface area contributed by atoms with Gasteiger partial charge in [0, 0.05) is 6.54 Å². The van der Waals surface area contributed by atoms with Crippen molar-refractivity contribution < 1.29 is 0 Å². The molecule has 0 aliphatic rings. The van der Waals surface area contributed by atoms with E-state index in [9.17, 15) is 0 Å². The normalized spacial score (nSPS) is 8.17. The maximum Gasteiger partial charge on any atom is 0.0348 e. The molecule has 0 aromatic heterocycles. The van der Waals surface area contributed by atoms with Crippen LogP contribution in [0, 0.1) is 6.92 Å². The summed E-state index contributed by atoms with van der Waals surface area (Å²) in [5.74, 6) is 5.15. The minimum atomic E-state index is 0. The molecular weight excluding hydrogens is 195 g/mol. The molecule has 0 bridgehead atoms. The highest BCUT2D eigenvalue weighted by molar-refractivity contribution is 5.85.